The summed E-state index contributed by atoms with van der Waals surface area (Å²) in [6, 6.07) is 8.87. The molecule has 0 spiro atoms. The second-order valence-corrected chi connectivity index (χ2v) is 7.78. The first-order chi connectivity index (χ1) is 13.7. The maximum absolute atomic E-state index is 5.76. The molecule has 2 fully saturated rings. The number of guanidine groups is 1. The molecular weight excluding hydrogens is 352 g/mol. The van der Waals surface area contributed by atoms with Gasteiger partial charge in [-0.15, -0.1) is 0 Å². The summed E-state index contributed by atoms with van der Waals surface area (Å²) in [6.45, 7) is 11.7. The van der Waals surface area contributed by atoms with E-state index in [0.717, 1.165) is 71.3 Å². The summed E-state index contributed by atoms with van der Waals surface area (Å²) in [5.74, 6) is 0.988. The van der Waals surface area contributed by atoms with E-state index in [1.54, 1.807) is 0 Å². The van der Waals surface area contributed by atoms with E-state index in [2.05, 4.69) is 58.2 Å². The van der Waals surface area contributed by atoms with Gasteiger partial charge in [-0.1, -0.05) is 24.3 Å². The highest BCUT2D eigenvalue weighted by molar-refractivity contribution is 5.79. The van der Waals surface area contributed by atoms with Crippen LogP contribution in [-0.2, 0) is 22.6 Å². The molecule has 2 saturated heterocycles. The van der Waals surface area contributed by atoms with E-state index in [0.29, 0.717) is 12.2 Å². The molecule has 1 atom stereocenters. The van der Waals surface area contributed by atoms with Crippen LogP contribution < -0.4 is 5.32 Å². The van der Waals surface area contributed by atoms with Gasteiger partial charge in [0.05, 0.1) is 18.8 Å². The third-order valence-corrected chi connectivity index (χ3v) is 5.53. The smallest absolute Gasteiger partial charge is 0.193 e. The average Bonchev–Trinajstić information content (AvgIpc) is 2.70. The zero-order valence-electron chi connectivity index (χ0n) is 17.7. The third kappa shape index (κ3) is 6.19. The molecule has 1 unspecified atom stereocenters. The summed E-state index contributed by atoms with van der Waals surface area (Å²) in [5.41, 5.74) is 2.66. The molecule has 2 heterocycles. The molecule has 1 N–H and O–H groups in total. The summed E-state index contributed by atoms with van der Waals surface area (Å²) < 4.78 is 11.4. The van der Waals surface area contributed by atoms with Gasteiger partial charge in [-0.3, -0.25) is 9.89 Å². The Morgan fingerprint density at radius 1 is 1.25 bits per heavy atom. The molecule has 0 radical (unpaired) electrons. The van der Waals surface area contributed by atoms with Gasteiger partial charge in [0.15, 0.2) is 5.96 Å². The molecule has 0 saturated carbocycles. The van der Waals surface area contributed by atoms with Crippen molar-refractivity contribution in [2.24, 2.45) is 4.99 Å². The lowest BCUT2D eigenvalue weighted by atomic mass is 10.1. The maximum Gasteiger partial charge on any atom is 0.193 e. The molecule has 28 heavy (non-hydrogen) atoms. The number of benzene rings is 1. The van der Waals surface area contributed by atoms with Crippen molar-refractivity contribution >= 4 is 5.96 Å². The highest BCUT2D eigenvalue weighted by atomic mass is 16.5. The standard InChI is InChI=1S/C22H36N4O2/c1-4-27-21-8-10-26(11-9-21)22(23-3)24-15-19-6-5-7-20(14-19)17-25-12-13-28-18(2)16-25/h5-7,14,18,21H,4,8-13,15-17H2,1-3H3,(H,23,24). The van der Waals surface area contributed by atoms with E-state index in [1.165, 1.54) is 11.1 Å². The lowest BCUT2D eigenvalue weighted by Gasteiger charge is -2.34. The second kappa shape index (κ2) is 10.8. The predicted molar refractivity (Wildman–Crippen MR) is 114 cm³/mol. The van der Waals surface area contributed by atoms with Crippen molar-refractivity contribution in [1.82, 2.24) is 15.1 Å². The van der Waals surface area contributed by atoms with Crippen LogP contribution >= 0.6 is 0 Å². The van der Waals surface area contributed by atoms with E-state index >= 15 is 0 Å². The van der Waals surface area contributed by atoms with Crippen molar-refractivity contribution in [1.29, 1.82) is 0 Å². The molecule has 1 aromatic carbocycles. The van der Waals surface area contributed by atoms with Gasteiger partial charge in [0, 0.05) is 52.9 Å². The first-order valence-corrected chi connectivity index (χ1v) is 10.7. The van der Waals surface area contributed by atoms with Crippen molar-refractivity contribution in [2.45, 2.75) is 52.0 Å². The Hall–Kier alpha value is -1.63. The third-order valence-electron chi connectivity index (χ3n) is 5.53. The minimum atomic E-state index is 0.328. The van der Waals surface area contributed by atoms with Gasteiger partial charge in [0.2, 0.25) is 0 Å². The predicted octanol–water partition coefficient (Wildman–Crippen LogP) is 2.48. The van der Waals surface area contributed by atoms with Crippen molar-refractivity contribution < 1.29 is 9.47 Å². The number of hydrogen-bond donors (Lipinski definition) is 1. The molecule has 6 nitrogen and oxygen atoms in total. The van der Waals surface area contributed by atoms with E-state index in [9.17, 15) is 0 Å². The fraction of sp³-hybridized carbons (Fsp3) is 0.682. The van der Waals surface area contributed by atoms with E-state index < -0.39 is 0 Å². The number of morpholine rings is 1. The molecule has 3 rings (SSSR count). The molecule has 2 aliphatic rings. The highest BCUT2D eigenvalue weighted by Gasteiger charge is 2.21. The van der Waals surface area contributed by atoms with Crippen molar-refractivity contribution in [2.75, 3.05) is 46.4 Å². The van der Waals surface area contributed by atoms with Crippen LogP contribution in [0.4, 0.5) is 0 Å². The Morgan fingerprint density at radius 2 is 2.04 bits per heavy atom. The Labute approximate surface area is 169 Å². The minimum Gasteiger partial charge on any atom is -0.378 e. The molecule has 1 aromatic rings. The number of hydrogen-bond acceptors (Lipinski definition) is 4. The molecular formula is C22H36N4O2. The fourth-order valence-corrected chi connectivity index (χ4v) is 4.11. The maximum atomic E-state index is 5.76. The van der Waals surface area contributed by atoms with Crippen LogP contribution in [0.3, 0.4) is 0 Å². The monoisotopic (exact) mass is 388 g/mol. The van der Waals surface area contributed by atoms with Crippen LogP contribution in [0.25, 0.3) is 0 Å². The Morgan fingerprint density at radius 3 is 2.75 bits per heavy atom. The van der Waals surface area contributed by atoms with Gasteiger partial charge in [-0.2, -0.15) is 0 Å². The summed E-state index contributed by atoms with van der Waals surface area (Å²) >= 11 is 0. The van der Waals surface area contributed by atoms with Crippen molar-refractivity contribution in [3.05, 3.63) is 35.4 Å². The summed E-state index contributed by atoms with van der Waals surface area (Å²) in [5, 5.41) is 3.54. The molecule has 0 amide bonds. The Balaban J connectivity index is 1.49. The normalized spacial score (nSPS) is 22.5. The summed E-state index contributed by atoms with van der Waals surface area (Å²) in [7, 11) is 1.87. The molecule has 156 valence electrons. The van der Waals surface area contributed by atoms with Crippen LogP contribution in [-0.4, -0.2) is 74.4 Å². The Bertz CT molecular complexity index is 629. The number of nitrogens with one attached hydrogen (secondary N) is 1. The lowest BCUT2D eigenvalue weighted by molar-refractivity contribution is -0.0212. The number of aliphatic imine (C=N–C) groups is 1. The van der Waals surface area contributed by atoms with Crippen molar-refractivity contribution in [3.8, 4) is 0 Å². The highest BCUT2D eigenvalue weighted by Crippen LogP contribution is 2.15. The minimum absolute atomic E-state index is 0.328. The lowest BCUT2D eigenvalue weighted by Crippen LogP contribution is -2.46. The quantitative estimate of drug-likeness (QED) is 0.599. The van der Waals surface area contributed by atoms with E-state index in [1.807, 2.05) is 7.05 Å². The van der Waals surface area contributed by atoms with Crippen LogP contribution in [0.2, 0.25) is 0 Å². The van der Waals surface area contributed by atoms with E-state index in [4.69, 9.17) is 9.47 Å². The van der Waals surface area contributed by atoms with Crippen molar-refractivity contribution in [3.63, 3.8) is 0 Å². The zero-order chi connectivity index (χ0) is 19.8. The Kier molecular flexibility index (Phi) is 8.13. The number of rotatable bonds is 6. The number of nitrogens with zero attached hydrogens (tertiary/aromatic N) is 3. The first-order valence-electron chi connectivity index (χ1n) is 10.7. The number of piperidine rings is 1. The molecule has 2 aliphatic heterocycles. The van der Waals surface area contributed by atoms with Gasteiger partial charge in [0.25, 0.3) is 0 Å². The second-order valence-electron chi connectivity index (χ2n) is 7.78. The van der Waals surface area contributed by atoms with Gasteiger partial charge in [-0.05, 0) is 37.8 Å². The van der Waals surface area contributed by atoms with Crippen LogP contribution in [0, 0.1) is 0 Å². The molecule has 0 aliphatic carbocycles. The molecule has 6 heteroatoms. The topological polar surface area (TPSA) is 49.3 Å². The van der Waals surface area contributed by atoms with Crippen LogP contribution in [0.15, 0.2) is 29.3 Å². The average molecular weight is 389 g/mol. The number of ether oxygens (including phenoxy) is 2. The van der Waals surface area contributed by atoms with Crippen LogP contribution in [0.5, 0.6) is 0 Å². The van der Waals surface area contributed by atoms with Crippen LogP contribution in [0.1, 0.15) is 37.8 Å². The van der Waals surface area contributed by atoms with E-state index in [-0.39, 0.29) is 0 Å². The fourth-order valence-electron chi connectivity index (χ4n) is 4.11. The zero-order valence-corrected chi connectivity index (χ0v) is 17.7. The summed E-state index contributed by atoms with van der Waals surface area (Å²) in [6.07, 6.45) is 2.87. The molecule has 0 aromatic heterocycles. The molecule has 0 bridgehead atoms. The van der Waals surface area contributed by atoms with Gasteiger partial charge in [0.1, 0.15) is 0 Å². The largest absolute Gasteiger partial charge is 0.378 e. The SMILES string of the molecule is CCOC1CCN(C(=NC)NCc2cccc(CN3CCOC(C)C3)c2)CC1. The summed E-state index contributed by atoms with van der Waals surface area (Å²) in [4.78, 5) is 9.31. The van der Waals surface area contributed by atoms with Gasteiger partial charge < -0.3 is 19.7 Å². The first kappa shape index (κ1) is 21.1. The van der Waals surface area contributed by atoms with Gasteiger partial charge in [-0.25, -0.2) is 0 Å². The number of likely N-dealkylation sites (tertiary alicyclic amines) is 1. The van der Waals surface area contributed by atoms with Gasteiger partial charge >= 0.3 is 0 Å².